The van der Waals surface area contributed by atoms with Crippen LogP contribution in [0.3, 0.4) is 0 Å². The van der Waals surface area contributed by atoms with Crippen LogP contribution in [0.25, 0.3) is 0 Å². The molecule has 0 saturated carbocycles. The Hall–Kier alpha value is -2.13. The van der Waals surface area contributed by atoms with Crippen molar-refractivity contribution in [2.75, 3.05) is 0 Å². The van der Waals surface area contributed by atoms with E-state index in [1.165, 1.54) is 0 Å². The summed E-state index contributed by atoms with van der Waals surface area (Å²) in [4.78, 5) is 12.3. The number of amides is 1. The van der Waals surface area contributed by atoms with Crippen LogP contribution in [-0.4, -0.2) is 17.5 Å². The molecule has 3 nitrogen and oxygen atoms in total. The van der Waals surface area contributed by atoms with Crippen LogP contribution < -0.4 is 11.1 Å². The monoisotopic (exact) mass is 298 g/mol. The number of primary amides is 1. The van der Waals surface area contributed by atoms with Gasteiger partial charge in [0.25, 0.3) is 0 Å². The van der Waals surface area contributed by atoms with Crippen LogP contribution in [-0.2, 0) is 4.79 Å². The second-order valence-electron chi connectivity index (χ2n) is 4.94. The average Bonchev–Trinajstić information content (AvgIpc) is 2.81. The number of rotatable bonds is 5. The molecule has 0 aromatic carbocycles. The zero-order valence-corrected chi connectivity index (χ0v) is 13.8. The fourth-order valence-corrected chi connectivity index (χ4v) is 3.23. The lowest BCUT2D eigenvalue weighted by molar-refractivity contribution is -0.121. The SMILES string of the molecule is C=CC1=C(/C=C\C)C2(C(N)=O)NC(C1)C(C=C)=C2C=C.CC. The van der Waals surface area contributed by atoms with E-state index in [1.54, 1.807) is 18.2 Å². The summed E-state index contributed by atoms with van der Waals surface area (Å²) in [6.07, 6.45) is 9.85. The summed E-state index contributed by atoms with van der Waals surface area (Å²) >= 11 is 0. The third-order valence-electron chi connectivity index (χ3n) is 4.03. The van der Waals surface area contributed by atoms with Gasteiger partial charge < -0.3 is 5.73 Å². The first-order valence-electron chi connectivity index (χ1n) is 7.62. The highest BCUT2D eigenvalue weighted by atomic mass is 16.1. The molecule has 0 saturated heterocycles. The fourth-order valence-electron chi connectivity index (χ4n) is 3.23. The van der Waals surface area contributed by atoms with Crippen LogP contribution in [0.1, 0.15) is 27.2 Å². The third-order valence-corrected chi connectivity index (χ3v) is 4.03. The van der Waals surface area contributed by atoms with Gasteiger partial charge in [-0.05, 0) is 35.6 Å². The summed E-state index contributed by atoms with van der Waals surface area (Å²) in [5, 5.41) is 3.36. The van der Waals surface area contributed by atoms with Gasteiger partial charge in [0, 0.05) is 6.04 Å². The van der Waals surface area contributed by atoms with Crippen LogP contribution in [0.5, 0.6) is 0 Å². The van der Waals surface area contributed by atoms with Crippen molar-refractivity contribution in [3.8, 4) is 0 Å². The van der Waals surface area contributed by atoms with E-state index in [2.05, 4.69) is 25.1 Å². The Balaban J connectivity index is 0.00000116. The summed E-state index contributed by atoms with van der Waals surface area (Å²) in [6.45, 7) is 17.5. The van der Waals surface area contributed by atoms with Crippen molar-refractivity contribution >= 4 is 5.91 Å². The molecule has 3 heteroatoms. The van der Waals surface area contributed by atoms with Crippen LogP contribution in [0.15, 0.2) is 72.4 Å². The van der Waals surface area contributed by atoms with Gasteiger partial charge in [-0.3, -0.25) is 10.1 Å². The zero-order valence-electron chi connectivity index (χ0n) is 13.8. The highest BCUT2D eigenvalue weighted by molar-refractivity contribution is 5.97. The van der Waals surface area contributed by atoms with Crippen LogP contribution >= 0.6 is 0 Å². The van der Waals surface area contributed by atoms with E-state index in [4.69, 9.17) is 5.73 Å². The predicted octanol–water partition coefficient (Wildman–Crippen LogP) is 3.34. The first-order valence-corrected chi connectivity index (χ1v) is 7.62. The second-order valence-corrected chi connectivity index (χ2v) is 4.94. The minimum absolute atomic E-state index is 0.0232. The lowest BCUT2D eigenvalue weighted by atomic mass is 9.78. The Morgan fingerprint density at radius 2 is 1.86 bits per heavy atom. The molecule has 0 aromatic rings. The molecule has 2 bridgehead atoms. The van der Waals surface area contributed by atoms with Crippen LogP contribution in [0, 0.1) is 0 Å². The fraction of sp³-hybridized carbons (Fsp3) is 0.316. The standard InChI is InChI=1S/C17H20N2O.C2H6/c1-5-9-14-11(6-2)10-15-12(7-3)13(8-4)17(14,19-15)16(18)20;1-2/h5-9,15,19H,2-4,10H2,1H3,(H2,18,20);1-2H3/b9-5-;. The zero-order chi connectivity index (χ0) is 16.9. The maximum atomic E-state index is 12.3. The third kappa shape index (κ3) is 2.42. The number of nitrogens with one attached hydrogen (secondary N) is 1. The highest BCUT2D eigenvalue weighted by Gasteiger charge is 2.53. The lowest BCUT2D eigenvalue weighted by Crippen LogP contribution is -2.58. The van der Waals surface area contributed by atoms with Gasteiger partial charge in [0.1, 0.15) is 5.54 Å². The first-order chi connectivity index (χ1) is 10.6. The molecule has 22 heavy (non-hydrogen) atoms. The van der Waals surface area contributed by atoms with Crippen molar-refractivity contribution in [3.05, 3.63) is 72.4 Å². The van der Waals surface area contributed by atoms with Crippen molar-refractivity contribution in [1.82, 2.24) is 5.32 Å². The van der Waals surface area contributed by atoms with E-state index in [9.17, 15) is 4.79 Å². The van der Waals surface area contributed by atoms with E-state index in [0.29, 0.717) is 0 Å². The number of fused-ring (bicyclic) bond motifs is 2. The average molecular weight is 298 g/mol. The van der Waals surface area contributed by atoms with Crippen LogP contribution in [0.4, 0.5) is 0 Å². The summed E-state index contributed by atoms with van der Waals surface area (Å²) in [7, 11) is 0. The summed E-state index contributed by atoms with van der Waals surface area (Å²) in [5.74, 6) is -0.429. The van der Waals surface area contributed by atoms with Crippen molar-refractivity contribution in [2.24, 2.45) is 5.73 Å². The van der Waals surface area contributed by atoms with Crippen molar-refractivity contribution in [3.63, 3.8) is 0 Å². The van der Waals surface area contributed by atoms with Crippen molar-refractivity contribution in [2.45, 2.75) is 38.8 Å². The minimum Gasteiger partial charge on any atom is -0.367 e. The maximum absolute atomic E-state index is 12.3. The molecule has 2 aliphatic rings. The van der Waals surface area contributed by atoms with Gasteiger partial charge in [-0.25, -0.2) is 0 Å². The molecule has 0 fully saturated rings. The van der Waals surface area contributed by atoms with Crippen LogP contribution in [0.2, 0.25) is 0 Å². The van der Waals surface area contributed by atoms with E-state index in [1.807, 2.05) is 32.9 Å². The Morgan fingerprint density at radius 3 is 2.27 bits per heavy atom. The molecule has 0 radical (unpaired) electrons. The number of hydrogen-bond donors (Lipinski definition) is 2. The quantitative estimate of drug-likeness (QED) is 0.818. The van der Waals surface area contributed by atoms with E-state index < -0.39 is 11.4 Å². The molecule has 2 heterocycles. The normalized spacial score (nSPS) is 26.6. The lowest BCUT2D eigenvalue weighted by Gasteiger charge is -2.36. The van der Waals surface area contributed by atoms with Gasteiger partial charge in [0.05, 0.1) is 0 Å². The summed E-state index contributed by atoms with van der Waals surface area (Å²) < 4.78 is 0. The van der Waals surface area contributed by atoms with Gasteiger partial charge in [-0.15, -0.1) is 0 Å². The number of allylic oxidation sites excluding steroid dienone is 2. The molecule has 2 unspecified atom stereocenters. The minimum atomic E-state index is -1.02. The molecular weight excluding hydrogens is 272 g/mol. The van der Waals surface area contributed by atoms with Gasteiger partial charge in [-0.1, -0.05) is 64.0 Å². The van der Waals surface area contributed by atoms with Gasteiger partial charge in [-0.2, -0.15) is 0 Å². The van der Waals surface area contributed by atoms with E-state index in [-0.39, 0.29) is 6.04 Å². The van der Waals surface area contributed by atoms with Gasteiger partial charge in [0.2, 0.25) is 5.91 Å². The molecule has 2 rings (SSSR count). The van der Waals surface area contributed by atoms with Crippen molar-refractivity contribution in [1.29, 1.82) is 0 Å². The topological polar surface area (TPSA) is 55.1 Å². The Bertz CT molecular complexity index is 593. The first kappa shape index (κ1) is 17.9. The van der Waals surface area contributed by atoms with Crippen molar-refractivity contribution < 1.29 is 4.79 Å². The molecule has 2 aliphatic heterocycles. The number of carbonyl (C=O) groups excluding carboxylic acids is 1. The van der Waals surface area contributed by atoms with Gasteiger partial charge >= 0.3 is 0 Å². The number of carbonyl (C=O) groups is 1. The number of nitrogens with two attached hydrogens (primary N) is 1. The largest absolute Gasteiger partial charge is 0.367 e. The molecule has 3 N–H and O–H groups in total. The Kier molecular flexibility index (Phi) is 5.89. The highest BCUT2D eigenvalue weighted by Crippen LogP contribution is 2.45. The molecular formula is C19H26N2O. The van der Waals surface area contributed by atoms with Gasteiger partial charge in [0.15, 0.2) is 0 Å². The smallest absolute Gasteiger partial charge is 0.247 e. The molecule has 0 aromatic heterocycles. The van der Waals surface area contributed by atoms with E-state index in [0.717, 1.165) is 28.7 Å². The molecule has 2 atom stereocenters. The molecule has 1 amide bonds. The molecule has 0 aliphatic carbocycles. The summed E-state index contributed by atoms with van der Waals surface area (Å²) in [5.41, 5.74) is 8.38. The molecule has 118 valence electrons. The summed E-state index contributed by atoms with van der Waals surface area (Å²) in [6, 6.07) is 0.0232. The molecule has 0 spiro atoms. The second kappa shape index (κ2) is 7.23. The maximum Gasteiger partial charge on any atom is 0.247 e. The predicted molar refractivity (Wildman–Crippen MR) is 94.3 cm³/mol. The van der Waals surface area contributed by atoms with E-state index >= 15 is 0 Å². The Morgan fingerprint density at radius 1 is 1.23 bits per heavy atom. The number of hydrogen-bond acceptors (Lipinski definition) is 2. The Labute approximate surface area is 133 Å².